The van der Waals surface area contributed by atoms with Gasteiger partial charge >= 0.3 is 5.97 Å². The third kappa shape index (κ3) is 4.69. The third-order valence-corrected chi connectivity index (χ3v) is 3.44. The van der Waals surface area contributed by atoms with Crippen LogP contribution in [0.15, 0.2) is 24.3 Å². The highest BCUT2D eigenvalue weighted by atomic mass is 19.1. The number of nitriles is 1. The number of hydrogen-bond acceptors (Lipinski definition) is 3. The molecule has 21 heavy (non-hydrogen) atoms. The van der Waals surface area contributed by atoms with Crippen LogP contribution in [0.3, 0.4) is 0 Å². The van der Waals surface area contributed by atoms with E-state index in [4.69, 9.17) is 10.4 Å². The van der Waals surface area contributed by atoms with Crippen molar-refractivity contribution in [3.8, 4) is 6.07 Å². The van der Waals surface area contributed by atoms with Crippen LogP contribution in [-0.2, 0) is 11.3 Å². The first kappa shape index (κ1) is 15.2. The van der Waals surface area contributed by atoms with E-state index in [-0.39, 0.29) is 5.82 Å². The summed E-state index contributed by atoms with van der Waals surface area (Å²) in [6, 6.07) is 7.30. The second kappa shape index (κ2) is 7.00. The van der Waals surface area contributed by atoms with Crippen LogP contribution in [0.25, 0.3) is 6.08 Å². The Morgan fingerprint density at radius 2 is 2.29 bits per heavy atom. The summed E-state index contributed by atoms with van der Waals surface area (Å²) in [5.74, 6) is -1.40. The Morgan fingerprint density at radius 1 is 1.52 bits per heavy atom. The molecule has 1 fully saturated rings. The first-order chi connectivity index (χ1) is 10.1. The van der Waals surface area contributed by atoms with E-state index < -0.39 is 5.97 Å². The van der Waals surface area contributed by atoms with Crippen molar-refractivity contribution in [2.45, 2.75) is 31.8 Å². The number of carboxylic acid groups (broad SMARTS) is 1. The summed E-state index contributed by atoms with van der Waals surface area (Å²) >= 11 is 0. The zero-order chi connectivity index (χ0) is 15.2. The third-order valence-electron chi connectivity index (χ3n) is 3.44. The predicted octanol–water partition coefficient (Wildman–Crippen LogP) is 2.80. The van der Waals surface area contributed by atoms with Gasteiger partial charge in [0.15, 0.2) is 0 Å². The van der Waals surface area contributed by atoms with Gasteiger partial charge in [0.2, 0.25) is 0 Å². The fraction of sp³-hybridized carbons (Fsp3) is 0.375. The maximum atomic E-state index is 14.1. The minimum Gasteiger partial charge on any atom is -0.478 e. The molecule has 0 atom stereocenters. The van der Waals surface area contributed by atoms with E-state index in [1.807, 2.05) is 0 Å². The average molecular weight is 288 g/mol. The van der Waals surface area contributed by atoms with Gasteiger partial charge in [0.25, 0.3) is 0 Å². The van der Waals surface area contributed by atoms with Crippen LogP contribution in [0.1, 0.15) is 30.4 Å². The van der Waals surface area contributed by atoms with Gasteiger partial charge in [-0.1, -0.05) is 12.1 Å². The van der Waals surface area contributed by atoms with Crippen LogP contribution in [-0.4, -0.2) is 28.6 Å². The molecular weight excluding hydrogens is 271 g/mol. The summed E-state index contributed by atoms with van der Waals surface area (Å²) < 4.78 is 14.1. The van der Waals surface area contributed by atoms with Crippen LogP contribution in [0, 0.1) is 17.1 Å². The Labute approximate surface area is 123 Å². The molecule has 0 bridgehead atoms. The summed E-state index contributed by atoms with van der Waals surface area (Å²) in [6.45, 7) is 1.14. The Kier molecular flexibility index (Phi) is 5.07. The van der Waals surface area contributed by atoms with Gasteiger partial charge in [0.05, 0.1) is 6.07 Å². The van der Waals surface area contributed by atoms with Gasteiger partial charge in [-0.15, -0.1) is 0 Å². The standard InChI is InChI=1S/C16H17FN2O2/c17-15-10-12(3-7-16(20)21)2-4-13(15)11-19(9-1-8-18)14-5-6-14/h2-4,7,10,14H,1,5-6,9,11H2,(H,20,21). The van der Waals surface area contributed by atoms with Crippen molar-refractivity contribution in [1.82, 2.24) is 4.90 Å². The molecule has 0 amide bonds. The number of carboxylic acids is 1. The molecule has 2 rings (SSSR count). The number of nitrogens with zero attached hydrogens (tertiary/aromatic N) is 2. The Morgan fingerprint density at radius 3 is 2.86 bits per heavy atom. The van der Waals surface area contributed by atoms with Crippen LogP contribution < -0.4 is 0 Å². The van der Waals surface area contributed by atoms with Gasteiger partial charge in [-0.05, 0) is 30.5 Å². The lowest BCUT2D eigenvalue weighted by Gasteiger charge is -2.21. The van der Waals surface area contributed by atoms with Gasteiger partial charge in [-0.2, -0.15) is 5.26 Å². The van der Waals surface area contributed by atoms with Gasteiger partial charge in [0.1, 0.15) is 5.82 Å². The van der Waals surface area contributed by atoms with Crippen molar-refractivity contribution in [3.05, 3.63) is 41.2 Å². The fourth-order valence-corrected chi connectivity index (χ4v) is 2.21. The molecule has 0 radical (unpaired) electrons. The van der Waals surface area contributed by atoms with Gasteiger partial charge < -0.3 is 5.11 Å². The number of aliphatic carboxylic acids is 1. The summed E-state index contributed by atoms with van der Waals surface area (Å²) in [6.07, 6.45) is 5.00. The van der Waals surface area contributed by atoms with E-state index in [9.17, 15) is 9.18 Å². The van der Waals surface area contributed by atoms with Crippen LogP contribution >= 0.6 is 0 Å². The smallest absolute Gasteiger partial charge is 0.328 e. The van der Waals surface area contributed by atoms with Crippen molar-refractivity contribution < 1.29 is 14.3 Å². The lowest BCUT2D eigenvalue weighted by Crippen LogP contribution is -2.27. The van der Waals surface area contributed by atoms with Gasteiger partial charge in [-0.25, -0.2) is 9.18 Å². The Bertz CT molecular complexity index is 588. The quantitative estimate of drug-likeness (QED) is 0.784. The maximum Gasteiger partial charge on any atom is 0.328 e. The highest BCUT2D eigenvalue weighted by Crippen LogP contribution is 2.29. The molecule has 0 saturated heterocycles. The lowest BCUT2D eigenvalue weighted by atomic mass is 10.1. The van der Waals surface area contributed by atoms with E-state index in [1.165, 1.54) is 12.1 Å². The summed E-state index contributed by atoms with van der Waals surface area (Å²) in [5.41, 5.74) is 1.10. The van der Waals surface area contributed by atoms with Crippen molar-refractivity contribution in [3.63, 3.8) is 0 Å². The highest BCUT2D eigenvalue weighted by molar-refractivity contribution is 5.85. The predicted molar refractivity (Wildman–Crippen MR) is 76.7 cm³/mol. The Hall–Kier alpha value is -2.19. The van der Waals surface area contributed by atoms with Crippen LogP contribution in [0.2, 0.25) is 0 Å². The molecule has 1 aliphatic rings. The van der Waals surface area contributed by atoms with Gasteiger partial charge in [-0.3, -0.25) is 4.90 Å². The molecule has 0 spiro atoms. The molecule has 5 heteroatoms. The number of hydrogen-bond donors (Lipinski definition) is 1. The zero-order valence-electron chi connectivity index (χ0n) is 11.6. The minimum atomic E-state index is -1.06. The van der Waals surface area contributed by atoms with Gasteiger partial charge in [0, 0.05) is 37.2 Å². The summed E-state index contributed by atoms with van der Waals surface area (Å²) in [4.78, 5) is 12.6. The number of benzene rings is 1. The van der Waals surface area contributed by atoms with E-state index in [1.54, 1.807) is 12.1 Å². The van der Waals surface area contributed by atoms with Crippen LogP contribution in [0.4, 0.5) is 4.39 Å². The van der Waals surface area contributed by atoms with Crippen molar-refractivity contribution >= 4 is 12.0 Å². The second-order valence-electron chi connectivity index (χ2n) is 5.13. The molecular formula is C16H17FN2O2. The molecule has 1 aliphatic carbocycles. The molecule has 1 aromatic rings. The molecule has 0 aromatic heterocycles. The van der Waals surface area contributed by atoms with E-state index >= 15 is 0 Å². The molecule has 1 saturated carbocycles. The van der Waals surface area contributed by atoms with Crippen molar-refractivity contribution in [1.29, 1.82) is 5.26 Å². The number of rotatable bonds is 7. The number of halogens is 1. The summed E-state index contributed by atoms with van der Waals surface area (Å²) in [5, 5.41) is 17.2. The number of carbonyl (C=O) groups is 1. The van der Waals surface area contributed by atoms with Crippen molar-refractivity contribution in [2.24, 2.45) is 0 Å². The molecule has 0 aliphatic heterocycles. The second-order valence-corrected chi connectivity index (χ2v) is 5.13. The van der Waals surface area contributed by atoms with Crippen LogP contribution in [0.5, 0.6) is 0 Å². The topological polar surface area (TPSA) is 64.3 Å². The molecule has 4 nitrogen and oxygen atoms in total. The van der Waals surface area contributed by atoms with E-state index in [0.717, 1.165) is 18.9 Å². The first-order valence-electron chi connectivity index (χ1n) is 6.90. The average Bonchev–Trinajstić information content (AvgIpc) is 3.27. The van der Waals surface area contributed by atoms with E-state index in [2.05, 4.69) is 11.0 Å². The molecule has 110 valence electrons. The minimum absolute atomic E-state index is 0.342. The molecule has 1 aromatic carbocycles. The molecule has 0 unspecified atom stereocenters. The largest absolute Gasteiger partial charge is 0.478 e. The maximum absolute atomic E-state index is 14.1. The fourth-order valence-electron chi connectivity index (χ4n) is 2.21. The lowest BCUT2D eigenvalue weighted by molar-refractivity contribution is -0.131. The van der Waals surface area contributed by atoms with E-state index in [0.29, 0.717) is 36.7 Å². The SMILES string of the molecule is N#CCCN(Cc1ccc(C=CC(=O)O)cc1F)C1CC1. The normalized spacial score (nSPS) is 14.5. The molecule has 0 heterocycles. The first-order valence-corrected chi connectivity index (χ1v) is 6.90. The summed E-state index contributed by atoms with van der Waals surface area (Å²) in [7, 11) is 0. The zero-order valence-corrected chi connectivity index (χ0v) is 11.6. The molecule has 1 N–H and O–H groups in total. The Balaban J connectivity index is 2.05. The monoisotopic (exact) mass is 288 g/mol. The van der Waals surface area contributed by atoms with Crippen molar-refractivity contribution in [2.75, 3.05) is 6.54 Å². The highest BCUT2D eigenvalue weighted by Gasteiger charge is 2.28.